The van der Waals surface area contributed by atoms with E-state index in [9.17, 15) is 0 Å². The van der Waals surface area contributed by atoms with E-state index >= 15 is 0 Å². The highest BCUT2D eigenvalue weighted by Crippen LogP contribution is 2.27. The Bertz CT molecular complexity index is 325. The Kier molecular flexibility index (Phi) is 2.69. The minimum atomic E-state index is 0.0271. The predicted octanol–water partition coefficient (Wildman–Crippen LogP) is 1.22. The summed E-state index contributed by atoms with van der Waals surface area (Å²) in [6.07, 6.45) is 6.14. The highest BCUT2D eigenvalue weighted by molar-refractivity contribution is 5.39. The number of hydrogen-bond donors (Lipinski definition) is 1. The van der Waals surface area contributed by atoms with Crippen molar-refractivity contribution in [1.29, 1.82) is 0 Å². The molecule has 1 aromatic rings. The van der Waals surface area contributed by atoms with Crippen molar-refractivity contribution in [2.75, 3.05) is 18.0 Å². The average molecular weight is 208 g/mol. The third-order valence-corrected chi connectivity index (χ3v) is 3.08. The van der Waals surface area contributed by atoms with Crippen molar-refractivity contribution >= 4 is 5.95 Å². The largest absolute Gasteiger partial charge is 0.338 e. The number of hydrogen-bond acceptors (Lipinski definition) is 3. The van der Waals surface area contributed by atoms with Gasteiger partial charge in [0.2, 0.25) is 5.95 Å². The van der Waals surface area contributed by atoms with E-state index in [2.05, 4.69) is 28.3 Å². The van der Waals surface area contributed by atoms with Crippen LogP contribution in [-0.4, -0.2) is 28.2 Å². The van der Waals surface area contributed by atoms with Gasteiger partial charge >= 0.3 is 0 Å². The number of anilines is 1. The Hall–Kier alpha value is -1.03. The van der Waals surface area contributed by atoms with Crippen molar-refractivity contribution in [2.45, 2.75) is 38.8 Å². The van der Waals surface area contributed by atoms with Gasteiger partial charge in [0.1, 0.15) is 0 Å². The molecule has 1 aromatic heterocycles. The maximum absolute atomic E-state index is 6.22. The first-order valence-corrected chi connectivity index (χ1v) is 5.73. The lowest BCUT2D eigenvalue weighted by Crippen LogP contribution is -2.68. The van der Waals surface area contributed by atoms with Gasteiger partial charge in [-0.15, -0.1) is 0 Å². The van der Waals surface area contributed by atoms with Crippen LogP contribution in [0, 0.1) is 0 Å². The monoisotopic (exact) mass is 208 g/mol. The highest BCUT2D eigenvalue weighted by Gasteiger charge is 2.40. The zero-order valence-corrected chi connectivity index (χ0v) is 9.61. The zero-order chi connectivity index (χ0) is 10.9. The molecule has 2 N–H and O–H groups in total. The minimum absolute atomic E-state index is 0.0271. The van der Waals surface area contributed by atoms with Crippen LogP contribution in [0.15, 0.2) is 12.4 Å². The van der Waals surface area contributed by atoms with Crippen LogP contribution in [0.3, 0.4) is 0 Å². The van der Waals surface area contributed by atoms with Crippen molar-refractivity contribution in [3.8, 4) is 0 Å². The highest BCUT2D eigenvalue weighted by atomic mass is 15.4. The number of nitrogens with zero attached hydrogens (tertiary/aromatic N) is 3. The number of aryl methyl sites for hydroxylation is 1. The predicted molar refractivity (Wildman–Crippen MR) is 61.9 cm³/mol. The molecule has 1 aliphatic heterocycles. The molecule has 0 unspecified atom stereocenters. The quantitative estimate of drug-likeness (QED) is 0.809. The summed E-state index contributed by atoms with van der Waals surface area (Å²) in [6.45, 7) is 7.17. The van der Waals surface area contributed by atoms with Gasteiger partial charge in [-0.25, -0.2) is 4.98 Å². The second kappa shape index (κ2) is 3.85. The van der Waals surface area contributed by atoms with Crippen LogP contribution in [0.1, 0.15) is 26.7 Å². The molecule has 2 rings (SSSR count). The maximum Gasteiger partial charge on any atom is 0.205 e. The van der Waals surface area contributed by atoms with Gasteiger partial charge in [0.05, 0.1) is 5.54 Å². The standard InChI is InChI=1S/C11H20N4/c1-3-5-11(12)8-15(9-11)10-13-6-7-14(10)4-2/h6-7H,3-5,8-9,12H2,1-2H3. The Morgan fingerprint density at radius 2 is 2.20 bits per heavy atom. The molecule has 4 heteroatoms. The molecule has 0 aromatic carbocycles. The molecule has 0 amide bonds. The van der Waals surface area contributed by atoms with E-state index in [1.54, 1.807) is 0 Å². The Labute approximate surface area is 91.1 Å². The van der Waals surface area contributed by atoms with E-state index in [4.69, 9.17) is 5.73 Å². The lowest BCUT2D eigenvalue weighted by Gasteiger charge is -2.48. The van der Waals surface area contributed by atoms with Crippen molar-refractivity contribution in [3.63, 3.8) is 0 Å². The van der Waals surface area contributed by atoms with Crippen molar-refractivity contribution in [3.05, 3.63) is 12.4 Å². The van der Waals surface area contributed by atoms with Gasteiger partial charge in [0.15, 0.2) is 0 Å². The van der Waals surface area contributed by atoms with Gasteiger partial charge in [-0.2, -0.15) is 0 Å². The third-order valence-electron chi connectivity index (χ3n) is 3.08. The molecule has 1 fully saturated rings. The molecule has 15 heavy (non-hydrogen) atoms. The first kappa shape index (κ1) is 10.5. The molecule has 0 radical (unpaired) electrons. The molecule has 0 aliphatic carbocycles. The smallest absolute Gasteiger partial charge is 0.205 e. The van der Waals surface area contributed by atoms with Crippen molar-refractivity contribution < 1.29 is 0 Å². The summed E-state index contributed by atoms with van der Waals surface area (Å²) in [4.78, 5) is 6.63. The molecule has 0 atom stereocenters. The molecule has 2 heterocycles. The molecular formula is C11H20N4. The summed E-state index contributed by atoms with van der Waals surface area (Å²) in [7, 11) is 0. The second-order valence-electron chi connectivity index (χ2n) is 4.48. The molecule has 1 aliphatic rings. The van der Waals surface area contributed by atoms with Gasteiger partial charge < -0.3 is 15.2 Å². The van der Waals surface area contributed by atoms with Crippen LogP contribution < -0.4 is 10.6 Å². The molecule has 0 bridgehead atoms. The van der Waals surface area contributed by atoms with E-state index in [-0.39, 0.29) is 5.54 Å². The van der Waals surface area contributed by atoms with Gasteiger partial charge in [-0.05, 0) is 13.3 Å². The summed E-state index contributed by atoms with van der Waals surface area (Å²) < 4.78 is 2.16. The van der Waals surface area contributed by atoms with E-state index in [0.29, 0.717) is 0 Å². The first-order valence-electron chi connectivity index (χ1n) is 5.73. The van der Waals surface area contributed by atoms with E-state index in [0.717, 1.165) is 38.4 Å². The van der Waals surface area contributed by atoms with Crippen LogP contribution in [0.2, 0.25) is 0 Å². The normalized spacial score (nSPS) is 19.0. The van der Waals surface area contributed by atoms with E-state index in [1.165, 1.54) is 0 Å². The lowest BCUT2D eigenvalue weighted by atomic mass is 9.87. The number of nitrogens with two attached hydrogens (primary N) is 1. The summed E-state index contributed by atoms with van der Waals surface area (Å²) >= 11 is 0. The van der Waals surface area contributed by atoms with Crippen LogP contribution in [-0.2, 0) is 6.54 Å². The second-order valence-corrected chi connectivity index (χ2v) is 4.48. The molecule has 0 spiro atoms. The SMILES string of the molecule is CCCC1(N)CN(c2nccn2CC)C1. The minimum Gasteiger partial charge on any atom is -0.338 e. The lowest BCUT2D eigenvalue weighted by molar-refractivity contribution is 0.301. The summed E-state index contributed by atoms with van der Waals surface area (Å²) in [5.41, 5.74) is 6.25. The van der Waals surface area contributed by atoms with Crippen LogP contribution in [0.5, 0.6) is 0 Å². The van der Waals surface area contributed by atoms with Crippen molar-refractivity contribution in [2.24, 2.45) is 5.73 Å². The van der Waals surface area contributed by atoms with Gasteiger partial charge in [0, 0.05) is 32.0 Å². The Balaban J connectivity index is 1.99. The topological polar surface area (TPSA) is 47.1 Å². The van der Waals surface area contributed by atoms with Gasteiger partial charge in [-0.3, -0.25) is 0 Å². The Morgan fingerprint density at radius 3 is 2.80 bits per heavy atom. The molecule has 4 nitrogen and oxygen atoms in total. The summed E-state index contributed by atoms with van der Waals surface area (Å²) in [5.74, 6) is 1.06. The first-order chi connectivity index (χ1) is 7.18. The fourth-order valence-corrected chi connectivity index (χ4v) is 2.34. The van der Waals surface area contributed by atoms with Gasteiger partial charge in [-0.1, -0.05) is 13.3 Å². The average Bonchev–Trinajstić information content (AvgIpc) is 2.61. The van der Waals surface area contributed by atoms with Crippen molar-refractivity contribution in [1.82, 2.24) is 9.55 Å². The van der Waals surface area contributed by atoms with Crippen LogP contribution in [0.25, 0.3) is 0 Å². The number of imidazole rings is 1. The third kappa shape index (κ3) is 1.86. The zero-order valence-electron chi connectivity index (χ0n) is 9.61. The van der Waals surface area contributed by atoms with Gasteiger partial charge in [0.25, 0.3) is 0 Å². The molecule has 1 saturated heterocycles. The fourth-order valence-electron chi connectivity index (χ4n) is 2.34. The maximum atomic E-state index is 6.22. The molecule has 84 valence electrons. The number of rotatable bonds is 4. The number of aromatic nitrogens is 2. The molecule has 0 saturated carbocycles. The summed E-state index contributed by atoms with van der Waals surface area (Å²) in [6, 6.07) is 0. The fraction of sp³-hybridized carbons (Fsp3) is 0.727. The summed E-state index contributed by atoms with van der Waals surface area (Å²) in [5, 5.41) is 0. The molecular weight excluding hydrogens is 188 g/mol. The van der Waals surface area contributed by atoms with E-state index in [1.807, 2.05) is 12.4 Å². The Morgan fingerprint density at radius 1 is 1.47 bits per heavy atom. The van der Waals surface area contributed by atoms with E-state index < -0.39 is 0 Å². The van der Waals surface area contributed by atoms with Crippen LogP contribution >= 0.6 is 0 Å². The van der Waals surface area contributed by atoms with Crippen LogP contribution in [0.4, 0.5) is 5.95 Å².